The Morgan fingerprint density at radius 1 is 1.11 bits per heavy atom. The molecule has 2 N–H and O–H groups in total. The van der Waals surface area contributed by atoms with Crippen LogP contribution in [0.25, 0.3) is 0 Å². The van der Waals surface area contributed by atoms with Gasteiger partial charge in [0.15, 0.2) is 0 Å². The zero-order chi connectivity index (χ0) is 12.4. The van der Waals surface area contributed by atoms with Crippen LogP contribution in [0.2, 0.25) is 0 Å². The first-order chi connectivity index (χ1) is 8.80. The van der Waals surface area contributed by atoms with Crippen molar-refractivity contribution in [1.82, 2.24) is 10.6 Å². The van der Waals surface area contributed by atoms with Crippen molar-refractivity contribution in [2.24, 2.45) is 5.41 Å². The summed E-state index contributed by atoms with van der Waals surface area (Å²) in [4.78, 5) is 11.8. The molecule has 0 aliphatic carbocycles. The van der Waals surface area contributed by atoms with Gasteiger partial charge in [0.25, 0.3) is 0 Å². The summed E-state index contributed by atoms with van der Waals surface area (Å²) in [6.07, 6.45) is 2.91. The molecule has 0 saturated carbocycles. The second kappa shape index (κ2) is 5.93. The fourth-order valence-electron chi connectivity index (χ4n) is 3.54. The van der Waals surface area contributed by atoms with Crippen molar-refractivity contribution in [3.8, 4) is 0 Å². The lowest BCUT2D eigenvalue weighted by Crippen LogP contribution is -2.51. The standard InChI is InChI=1S/C15H20N2O.ClH/c18-14-10-15(6-8-16-9-7-15)13(11-17-14)12-4-2-1-3-5-12;/h1-5,13,16H,6-11H2,(H,17,18);1H. The molecule has 0 bridgehead atoms. The second-order valence-electron chi connectivity index (χ2n) is 5.56. The molecule has 1 aromatic rings. The van der Waals surface area contributed by atoms with Crippen LogP contribution in [0.5, 0.6) is 0 Å². The Morgan fingerprint density at radius 2 is 1.79 bits per heavy atom. The number of carbonyl (C=O) groups excluding carboxylic acids is 1. The quantitative estimate of drug-likeness (QED) is 0.827. The second-order valence-corrected chi connectivity index (χ2v) is 5.56. The highest BCUT2D eigenvalue weighted by atomic mass is 35.5. The van der Waals surface area contributed by atoms with E-state index in [2.05, 4.69) is 41.0 Å². The molecule has 3 nitrogen and oxygen atoms in total. The fourth-order valence-corrected chi connectivity index (χ4v) is 3.54. The normalized spacial score (nSPS) is 25.5. The van der Waals surface area contributed by atoms with Crippen molar-refractivity contribution >= 4 is 18.3 Å². The van der Waals surface area contributed by atoms with E-state index < -0.39 is 0 Å². The summed E-state index contributed by atoms with van der Waals surface area (Å²) >= 11 is 0. The maximum absolute atomic E-state index is 11.8. The molecule has 104 valence electrons. The van der Waals surface area contributed by atoms with Gasteiger partial charge in [0.1, 0.15) is 0 Å². The third-order valence-corrected chi connectivity index (χ3v) is 4.56. The number of rotatable bonds is 1. The summed E-state index contributed by atoms with van der Waals surface area (Å²) in [5.41, 5.74) is 1.55. The maximum Gasteiger partial charge on any atom is 0.220 e. The van der Waals surface area contributed by atoms with Gasteiger partial charge in [-0.05, 0) is 36.9 Å². The van der Waals surface area contributed by atoms with Crippen LogP contribution >= 0.6 is 12.4 Å². The van der Waals surface area contributed by atoms with E-state index in [9.17, 15) is 4.79 Å². The molecule has 2 fully saturated rings. The van der Waals surface area contributed by atoms with E-state index in [0.29, 0.717) is 12.3 Å². The molecule has 0 radical (unpaired) electrons. The van der Waals surface area contributed by atoms with E-state index in [0.717, 1.165) is 32.5 Å². The zero-order valence-corrected chi connectivity index (χ0v) is 11.8. The van der Waals surface area contributed by atoms with Crippen LogP contribution in [-0.4, -0.2) is 25.5 Å². The van der Waals surface area contributed by atoms with Crippen LogP contribution in [0.4, 0.5) is 0 Å². The molecule has 4 heteroatoms. The average molecular weight is 281 g/mol. The van der Waals surface area contributed by atoms with Gasteiger partial charge in [-0.2, -0.15) is 0 Å². The van der Waals surface area contributed by atoms with E-state index in [-0.39, 0.29) is 23.7 Å². The van der Waals surface area contributed by atoms with Crippen molar-refractivity contribution in [2.75, 3.05) is 19.6 Å². The number of benzene rings is 1. The van der Waals surface area contributed by atoms with Crippen LogP contribution < -0.4 is 10.6 Å². The zero-order valence-electron chi connectivity index (χ0n) is 11.0. The van der Waals surface area contributed by atoms with Gasteiger partial charge in [0.05, 0.1) is 0 Å². The molecule has 19 heavy (non-hydrogen) atoms. The summed E-state index contributed by atoms with van der Waals surface area (Å²) in [6.45, 7) is 2.87. The van der Waals surface area contributed by atoms with Crippen molar-refractivity contribution in [1.29, 1.82) is 0 Å². The van der Waals surface area contributed by atoms with Crippen LogP contribution in [0, 0.1) is 5.41 Å². The Balaban J connectivity index is 0.00000133. The summed E-state index contributed by atoms with van der Waals surface area (Å²) in [5, 5.41) is 6.45. The molecule has 2 aliphatic rings. The molecule has 3 rings (SSSR count). The first-order valence-corrected chi connectivity index (χ1v) is 6.83. The minimum Gasteiger partial charge on any atom is -0.355 e. The average Bonchev–Trinajstić information content (AvgIpc) is 2.40. The molecule has 1 spiro atoms. The highest BCUT2D eigenvalue weighted by Crippen LogP contribution is 2.47. The Bertz CT molecular complexity index is 429. The lowest BCUT2D eigenvalue weighted by molar-refractivity contribution is -0.127. The Morgan fingerprint density at radius 3 is 2.47 bits per heavy atom. The number of halogens is 1. The largest absolute Gasteiger partial charge is 0.355 e. The molecule has 1 amide bonds. The van der Waals surface area contributed by atoms with Crippen LogP contribution in [0.1, 0.15) is 30.7 Å². The van der Waals surface area contributed by atoms with E-state index in [1.54, 1.807) is 0 Å². The first kappa shape index (κ1) is 14.4. The lowest BCUT2D eigenvalue weighted by atomic mass is 9.63. The summed E-state index contributed by atoms with van der Waals surface area (Å²) in [7, 11) is 0. The summed E-state index contributed by atoms with van der Waals surface area (Å²) < 4.78 is 0. The van der Waals surface area contributed by atoms with Crippen molar-refractivity contribution in [3.05, 3.63) is 35.9 Å². The Kier molecular flexibility index (Phi) is 4.48. The van der Waals surface area contributed by atoms with Gasteiger partial charge in [0.2, 0.25) is 5.91 Å². The number of hydrogen-bond donors (Lipinski definition) is 2. The number of piperidine rings is 2. The van der Waals surface area contributed by atoms with Crippen molar-refractivity contribution in [2.45, 2.75) is 25.2 Å². The summed E-state index contributed by atoms with van der Waals surface area (Å²) in [6, 6.07) is 10.7. The third-order valence-electron chi connectivity index (χ3n) is 4.56. The molecule has 2 heterocycles. The SMILES string of the molecule is Cl.O=C1CC2(CCNCC2)C(c2ccccc2)CN1. The molecular weight excluding hydrogens is 260 g/mol. The first-order valence-electron chi connectivity index (χ1n) is 6.83. The maximum atomic E-state index is 11.8. The van der Waals surface area contributed by atoms with Gasteiger partial charge >= 0.3 is 0 Å². The fraction of sp³-hybridized carbons (Fsp3) is 0.533. The predicted octanol–water partition coefficient (Wildman–Crippen LogP) is 2.08. The van der Waals surface area contributed by atoms with Crippen LogP contribution in [-0.2, 0) is 4.79 Å². The summed E-state index contributed by atoms with van der Waals surface area (Å²) in [5.74, 6) is 0.697. The number of nitrogens with one attached hydrogen (secondary N) is 2. The monoisotopic (exact) mass is 280 g/mol. The van der Waals surface area contributed by atoms with Gasteiger partial charge in [-0.3, -0.25) is 4.79 Å². The molecule has 1 aromatic carbocycles. The molecule has 2 aliphatic heterocycles. The molecular formula is C15H21ClN2O. The highest BCUT2D eigenvalue weighted by molar-refractivity contribution is 5.85. The van der Waals surface area contributed by atoms with Crippen molar-refractivity contribution < 1.29 is 4.79 Å². The minimum absolute atomic E-state index is 0. The van der Waals surface area contributed by atoms with Gasteiger partial charge < -0.3 is 10.6 Å². The van der Waals surface area contributed by atoms with Crippen LogP contribution in [0.15, 0.2) is 30.3 Å². The van der Waals surface area contributed by atoms with Gasteiger partial charge in [-0.15, -0.1) is 12.4 Å². The number of carbonyl (C=O) groups is 1. The van der Waals surface area contributed by atoms with Gasteiger partial charge in [-0.1, -0.05) is 30.3 Å². The molecule has 2 saturated heterocycles. The van der Waals surface area contributed by atoms with Crippen molar-refractivity contribution in [3.63, 3.8) is 0 Å². The Labute approximate surface area is 120 Å². The van der Waals surface area contributed by atoms with E-state index in [1.807, 2.05) is 0 Å². The van der Waals surface area contributed by atoms with Gasteiger partial charge in [0, 0.05) is 18.9 Å². The molecule has 0 aromatic heterocycles. The third kappa shape index (κ3) is 2.77. The smallest absolute Gasteiger partial charge is 0.220 e. The predicted molar refractivity (Wildman–Crippen MR) is 78.6 cm³/mol. The molecule has 1 unspecified atom stereocenters. The lowest BCUT2D eigenvalue weighted by Gasteiger charge is -2.46. The highest BCUT2D eigenvalue weighted by Gasteiger charge is 2.44. The minimum atomic E-state index is 0. The van der Waals surface area contributed by atoms with E-state index in [4.69, 9.17) is 0 Å². The number of hydrogen-bond acceptors (Lipinski definition) is 2. The topological polar surface area (TPSA) is 41.1 Å². The van der Waals surface area contributed by atoms with E-state index >= 15 is 0 Å². The van der Waals surface area contributed by atoms with Gasteiger partial charge in [-0.25, -0.2) is 0 Å². The number of amides is 1. The van der Waals surface area contributed by atoms with E-state index in [1.165, 1.54) is 5.56 Å². The molecule has 1 atom stereocenters. The Hall–Kier alpha value is -1.06. The van der Waals surface area contributed by atoms with Crippen LogP contribution in [0.3, 0.4) is 0 Å².